The third-order valence-corrected chi connectivity index (χ3v) is 5.18. The van der Waals surface area contributed by atoms with Crippen LogP contribution in [0.4, 0.5) is 5.69 Å². The predicted octanol–water partition coefficient (Wildman–Crippen LogP) is 4.06. The van der Waals surface area contributed by atoms with Crippen LogP contribution >= 0.6 is 22.6 Å². The van der Waals surface area contributed by atoms with Gasteiger partial charge in [-0.05, 0) is 83.9 Å². The largest absolute Gasteiger partial charge is 0.326 e. The van der Waals surface area contributed by atoms with Gasteiger partial charge in [0.2, 0.25) is 5.91 Å². The first-order valence-electron chi connectivity index (χ1n) is 6.76. The van der Waals surface area contributed by atoms with Crippen molar-refractivity contribution in [1.29, 1.82) is 0 Å². The smallest absolute Gasteiger partial charge is 0.224 e. The lowest BCUT2D eigenvalue weighted by molar-refractivity contribution is -0.117. The van der Waals surface area contributed by atoms with Crippen LogP contribution in [-0.4, -0.2) is 5.91 Å². The highest BCUT2D eigenvalue weighted by atomic mass is 127. The number of hydrogen-bond acceptors (Lipinski definition) is 1. The minimum absolute atomic E-state index is 0.189. The maximum absolute atomic E-state index is 12.0. The van der Waals surface area contributed by atoms with Crippen LogP contribution in [0.3, 0.4) is 0 Å². The average molecular weight is 355 g/mol. The number of fused-ring (bicyclic) bond motifs is 2. The SMILES string of the molecule is O=C(C[C@@H]1C[C@@H]2CC[C@@H]1C2)Nc1ccc(I)cc1. The molecule has 0 radical (unpaired) electrons. The average Bonchev–Trinajstić information content (AvgIpc) is 2.94. The number of rotatable bonds is 3. The Labute approximate surface area is 122 Å². The summed E-state index contributed by atoms with van der Waals surface area (Å²) in [6.07, 6.45) is 6.13. The first-order chi connectivity index (χ1) is 8.70. The molecule has 2 bridgehead atoms. The van der Waals surface area contributed by atoms with Crippen LogP contribution < -0.4 is 5.32 Å². The van der Waals surface area contributed by atoms with Gasteiger partial charge >= 0.3 is 0 Å². The quantitative estimate of drug-likeness (QED) is 0.815. The molecular formula is C15H18INO. The Kier molecular flexibility index (Phi) is 3.59. The maximum Gasteiger partial charge on any atom is 0.224 e. The zero-order valence-electron chi connectivity index (χ0n) is 10.4. The van der Waals surface area contributed by atoms with E-state index in [1.807, 2.05) is 24.3 Å². The fourth-order valence-electron chi connectivity index (χ4n) is 3.61. The van der Waals surface area contributed by atoms with Crippen molar-refractivity contribution in [3.8, 4) is 0 Å². The Bertz CT molecular complexity index is 442. The van der Waals surface area contributed by atoms with E-state index < -0.39 is 0 Å². The van der Waals surface area contributed by atoms with Gasteiger partial charge in [0.25, 0.3) is 0 Å². The minimum atomic E-state index is 0.189. The van der Waals surface area contributed by atoms with Gasteiger partial charge in [0.15, 0.2) is 0 Å². The second-order valence-electron chi connectivity index (χ2n) is 5.69. The van der Waals surface area contributed by atoms with E-state index in [0.717, 1.165) is 17.5 Å². The molecule has 2 aliphatic carbocycles. The van der Waals surface area contributed by atoms with Crippen molar-refractivity contribution in [1.82, 2.24) is 0 Å². The molecule has 0 aromatic heterocycles. The number of carbonyl (C=O) groups excluding carboxylic acids is 1. The Morgan fingerprint density at radius 1 is 1.22 bits per heavy atom. The van der Waals surface area contributed by atoms with Crippen molar-refractivity contribution in [3.05, 3.63) is 27.8 Å². The summed E-state index contributed by atoms with van der Waals surface area (Å²) in [5.41, 5.74) is 0.920. The molecule has 1 N–H and O–H groups in total. The van der Waals surface area contributed by atoms with Crippen LogP contribution in [0.15, 0.2) is 24.3 Å². The van der Waals surface area contributed by atoms with Crippen LogP contribution in [0.25, 0.3) is 0 Å². The molecule has 0 saturated heterocycles. The van der Waals surface area contributed by atoms with Crippen molar-refractivity contribution < 1.29 is 4.79 Å². The van der Waals surface area contributed by atoms with Gasteiger partial charge < -0.3 is 5.32 Å². The summed E-state index contributed by atoms with van der Waals surface area (Å²) in [6.45, 7) is 0. The molecule has 2 fully saturated rings. The summed E-state index contributed by atoms with van der Waals surface area (Å²) in [4.78, 5) is 12.0. The fraction of sp³-hybridized carbons (Fsp3) is 0.533. The number of benzene rings is 1. The highest BCUT2D eigenvalue weighted by Gasteiger charge is 2.40. The van der Waals surface area contributed by atoms with E-state index in [4.69, 9.17) is 0 Å². The van der Waals surface area contributed by atoms with Crippen molar-refractivity contribution in [2.24, 2.45) is 17.8 Å². The lowest BCUT2D eigenvalue weighted by atomic mass is 9.86. The molecule has 3 atom stereocenters. The molecule has 0 unspecified atom stereocenters. The van der Waals surface area contributed by atoms with Crippen LogP contribution in [0.1, 0.15) is 32.1 Å². The third-order valence-electron chi connectivity index (χ3n) is 4.46. The van der Waals surface area contributed by atoms with Gasteiger partial charge in [-0.3, -0.25) is 4.79 Å². The molecule has 1 aromatic carbocycles. The Morgan fingerprint density at radius 2 is 2.00 bits per heavy atom. The molecule has 2 aliphatic rings. The Hall–Kier alpha value is -0.580. The topological polar surface area (TPSA) is 29.1 Å². The highest BCUT2D eigenvalue weighted by molar-refractivity contribution is 14.1. The molecule has 2 nitrogen and oxygen atoms in total. The van der Waals surface area contributed by atoms with E-state index in [9.17, 15) is 4.79 Å². The highest BCUT2D eigenvalue weighted by Crippen LogP contribution is 2.49. The van der Waals surface area contributed by atoms with Gasteiger partial charge in [0.1, 0.15) is 0 Å². The monoisotopic (exact) mass is 355 g/mol. The Morgan fingerprint density at radius 3 is 2.61 bits per heavy atom. The molecule has 1 aromatic rings. The minimum Gasteiger partial charge on any atom is -0.326 e. The van der Waals surface area contributed by atoms with Gasteiger partial charge in [-0.25, -0.2) is 0 Å². The number of carbonyl (C=O) groups is 1. The van der Waals surface area contributed by atoms with Gasteiger partial charge in [-0.1, -0.05) is 6.42 Å². The molecule has 18 heavy (non-hydrogen) atoms. The van der Waals surface area contributed by atoms with Crippen LogP contribution in [0, 0.1) is 21.3 Å². The van der Waals surface area contributed by atoms with E-state index in [2.05, 4.69) is 27.9 Å². The lowest BCUT2D eigenvalue weighted by Crippen LogP contribution is -2.20. The van der Waals surface area contributed by atoms with Gasteiger partial charge in [-0.2, -0.15) is 0 Å². The molecule has 1 amide bonds. The van der Waals surface area contributed by atoms with Crippen molar-refractivity contribution in [2.45, 2.75) is 32.1 Å². The first-order valence-corrected chi connectivity index (χ1v) is 7.84. The second kappa shape index (κ2) is 5.19. The zero-order valence-corrected chi connectivity index (χ0v) is 12.5. The third kappa shape index (κ3) is 2.71. The van der Waals surface area contributed by atoms with E-state index in [1.54, 1.807) is 0 Å². The normalized spacial score (nSPS) is 29.5. The van der Waals surface area contributed by atoms with E-state index in [-0.39, 0.29) is 5.91 Å². The summed E-state index contributed by atoms with van der Waals surface area (Å²) in [6, 6.07) is 7.99. The summed E-state index contributed by atoms with van der Waals surface area (Å²) >= 11 is 2.27. The van der Waals surface area contributed by atoms with Gasteiger partial charge in [0, 0.05) is 15.7 Å². The predicted molar refractivity (Wildman–Crippen MR) is 81.3 cm³/mol. The number of hydrogen-bond donors (Lipinski definition) is 1. The summed E-state index contributed by atoms with van der Waals surface area (Å²) < 4.78 is 1.19. The molecular weight excluding hydrogens is 337 g/mol. The number of anilines is 1. The van der Waals surface area contributed by atoms with Crippen molar-refractivity contribution in [3.63, 3.8) is 0 Å². The van der Waals surface area contributed by atoms with E-state index in [1.165, 1.54) is 29.3 Å². The molecule has 96 valence electrons. The van der Waals surface area contributed by atoms with Crippen molar-refractivity contribution in [2.75, 3.05) is 5.32 Å². The van der Waals surface area contributed by atoms with Crippen LogP contribution in [0.2, 0.25) is 0 Å². The summed E-state index contributed by atoms with van der Waals surface area (Å²) in [5, 5.41) is 3.01. The molecule has 0 heterocycles. The number of halogens is 1. The number of amides is 1. The Balaban J connectivity index is 1.54. The molecule has 0 spiro atoms. The molecule has 3 rings (SSSR count). The van der Waals surface area contributed by atoms with Gasteiger partial charge in [0.05, 0.1) is 0 Å². The number of nitrogens with one attached hydrogen (secondary N) is 1. The summed E-state index contributed by atoms with van der Waals surface area (Å²) in [5.74, 6) is 2.59. The van der Waals surface area contributed by atoms with Crippen LogP contribution in [-0.2, 0) is 4.79 Å². The van der Waals surface area contributed by atoms with E-state index >= 15 is 0 Å². The zero-order chi connectivity index (χ0) is 12.5. The van der Waals surface area contributed by atoms with Gasteiger partial charge in [-0.15, -0.1) is 0 Å². The molecule has 0 aliphatic heterocycles. The second-order valence-corrected chi connectivity index (χ2v) is 6.94. The van der Waals surface area contributed by atoms with Crippen LogP contribution in [0.5, 0.6) is 0 Å². The maximum atomic E-state index is 12.0. The molecule has 3 heteroatoms. The van der Waals surface area contributed by atoms with E-state index in [0.29, 0.717) is 12.3 Å². The van der Waals surface area contributed by atoms with Crippen molar-refractivity contribution >= 4 is 34.2 Å². The first kappa shape index (κ1) is 12.5. The molecule has 2 saturated carbocycles. The summed E-state index contributed by atoms with van der Waals surface area (Å²) in [7, 11) is 0. The lowest BCUT2D eigenvalue weighted by Gasteiger charge is -2.20. The standard InChI is InChI=1S/C15H18INO/c16-13-3-5-14(6-4-13)17-15(18)9-12-8-10-1-2-11(12)7-10/h3-6,10-12H,1-2,7-9H2,(H,17,18)/t10-,11-,12+/m1/s1. The fourth-order valence-corrected chi connectivity index (χ4v) is 3.97.